The van der Waals surface area contributed by atoms with E-state index in [1.165, 1.54) is 11.3 Å². The number of carbonyl (C=O) groups is 3. The van der Waals surface area contributed by atoms with E-state index in [1.807, 2.05) is 11.4 Å². The van der Waals surface area contributed by atoms with Gasteiger partial charge in [0.15, 0.2) is 5.78 Å². The molecule has 2 N–H and O–H groups in total. The van der Waals surface area contributed by atoms with Crippen LogP contribution in [0.5, 0.6) is 0 Å². The van der Waals surface area contributed by atoms with Crippen LogP contribution in [0.3, 0.4) is 0 Å². The molecule has 0 aromatic carbocycles. The van der Waals surface area contributed by atoms with E-state index in [2.05, 4.69) is 5.32 Å². The van der Waals surface area contributed by atoms with E-state index in [1.54, 1.807) is 6.07 Å². The van der Waals surface area contributed by atoms with Gasteiger partial charge in [-0.05, 0) is 30.7 Å². The second-order valence-corrected chi connectivity index (χ2v) is 6.79. The summed E-state index contributed by atoms with van der Waals surface area (Å²) in [6.07, 6.45) is 1.95. The van der Waals surface area contributed by atoms with Gasteiger partial charge in [0.05, 0.1) is 10.3 Å². The van der Waals surface area contributed by atoms with Crippen molar-refractivity contribution in [2.45, 2.75) is 37.6 Å². The molecule has 106 valence electrons. The highest BCUT2D eigenvalue weighted by atomic mass is 32.1. The molecule has 5 nitrogen and oxygen atoms in total. The molecule has 1 aromatic heterocycles. The first-order valence-electron chi connectivity index (χ1n) is 6.56. The van der Waals surface area contributed by atoms with Crippen molar-refractivity contribution in [3.05, 3.63) is 22.4 Å². The maximum Gasteiger partial charge on any atom is 0.309 e. The molecule has 20 heavy (non-hydrogen) atoms. The minimum Gasteiger partial charge on any atom is -0.481 e. The van der Waals surface area contributed by atoms with E-state index in [9.17, 15) is 14.4 Å². The zero-order valence-corrected chi connectivity index (χ0v) is 11.7. The van der Waals surface area contributed by atoms with E-state index in [-0.39, 0.29) is 30.1 Å². The molecule has 0 aliphatic heterocycles. The Labute approximate surface area is 120 Å². The Hall–Kier alpha value is -1.69. The van der Waals surface area contributed by atoms with Crippen molar-refractivity contribution in [3.63, 3.8) is 0 Å². The fourth-order valence-corrected chi connectivity index (χ4v) is 3.99. The Balaban J connectivity index is 1.44. The van der Waals surface area contributed by atoms with Crippen molar-refractivity contribution < 1.29 is 19.5 Å². The SMILES string of the molecule is O=C(CCC(=O)c1cccs1)NC12CC(C(=O)O)(C1)C2. The lowest BCUT2D eigenvalue weighted by molar-refractivity contribution is -0.199. The van der Waals surface area contributed by atoms with Crippen molar-refractivity contribution in [2.24, 2.45) is 5.41 Å². The number of hydrogen-bond acceptors (Lipinski definition) is 4. The van der Waals surface area contributed by atoms with Crippen LogP contribution in [0.15, 0.2) is 17.5 Å². The van der Waals surface area contributed by atoms with Gasteiger partial charge in [-0.2, -0.15) is 0 Å². The van der Waals surface area contributed by atoms with Crippen LogP contribution in [-0.4, -0.2) is 28.3 Å². The molecule has 4 rings (SSSR count). The molecular formula is C14H15NO4S. The van der Waals surface area contributed by atoms with Crippen molar-refractivity contribution in [3.8, 4) is 0 Å². The van der Waals surface area contributed by atoms with Crippen LogP contribution in [0.4, 0.5) is 0 Å². The molecule has 0 atom stereocenters. The number of rotatable bonds is 6. The van der Waals surface area contributed by atoms with Crippen molar-refractivity contribution >= 4 is 29.0 Å². The smallest absolute Gasteiger partial charge is 0.309 e. The van der Waals surface area contributed by atoms with Gasteiger partial charge in [-0.1, -0.05) is 6.07 Å². The molecule has 0 saturated heterocycles. The molecule has 6 heteroatoms. The Kier molecular flexibility index (Phi) is 2.93. The monoisotopic (exact) mass is 293 g/mol. The van der Waals surface area contributed by atoms with Crippen LogP contribution in [-0.2, 0) is 9.59 Å². The number of carboxylic acids is 1. The fraction of sp³-hybridized carbons (Fsp3) is 0.500. The number of carbonyl (C=O) groups excluding carboxylic acids is 2. The minimum absolute atomic E-state index is 0.0187. The number of amides is 1. The Morgan fingerprint density at radius 2 is 1.95 bits per heavy atom. The summed E-state index contributed by atoms with van der Waals surface area (Å²) in [5.41, 5.74) is -0.887. The maximum atomic E-state index is 11.8. The summed E-state index contributed by atoms with van der Waals surface area (Å²) in [6.45, 7) is 0. The summed E-state index contributed by atoms with van der Waals surface area (Å²) in [7, 11) is 0. The summed E-state index contributed by atoms with van der Waals surface area (Å²) < 4.78 is 0. The predicted octanol–water partition coefficient (Wildman–Crippen LogP) is 1.83. The average Bonchev–Trinajstić information content (AvgIpc) is 2.81. The zero-order valence-electron chi connectivity index (χ0n) is 10.8. The third-order valence-corrected chi connectivity index (χ3v) is 5.17. The number of Topliss-reactive ketones (excluding diaryl/α,β-unsaturated/α-hetero) is 1. The highest BCUT2D eigenvalue weighted by Gasteiger charge is 2.72. The topological polar surface area (TPSA) is 83.5 Å². The zero-order chi connectivity index (χ0) is 14.4. The maximum absolute atomic E-state index is 11.8. The largest absolute Gasteiger partial charge is 0.481 e. The first kappa shape index (κ1) is 13.3. The van der Waals surface area contributed by atoms with Crippen LogP contribution >= 0.6 is 11.3 Å². The van der Waals surface area contributed by atoms with Gasteiger partial charge in [-0.3, -0.25) is 14.4 Å². The normalized spacial score (nSPS) is 30.0. The average molecular weight is 293 g/mol. The summed E-state index contributed by atoms with van der Waals surface area (Å²) >= 11 is 1.38. The van der Waals surface area contributed by atoms with Gasteiger partial charge in [0.2, 0.25) is 5.91 Å². The second kappa shape index (κ2) is 4.41. The molecule has 0 radical (unpaired) electrons. The number of aliphatic carboxylic acids is 1. The van der Waals surface area contributed by atoms with Crippen LogP contribution in [0.25, 0.3) is 0 Å². The molecular weight excluding hydrogens is 278 g/mol. The molecule has 3 fully saturated rings. The molecule has 2 bridgehead atoms. The second-order valence-electron chi connectivity index (χ2n) is 5.84. The molecule has 1 aromatic rings. The van der Waals surface area contributed by atoms with Crippen molar-refractivity contribution in [2.75, 3.05) is 0 Å². The Morgan fingerprint density at radius 3 is 2.50 bits per heavy atom. The van der Waals surface area contributed by atoms with E-state index in [0.29, 0.717) is 24.1 Å². The number of carboxylic acid groups (broad SMARTS) is 1. The molecule has 1 heterocycles. The van der Waals surface area contributed by atoms with Gasteiger partial charge >= 0.3 is 5.97 Å². The Morgan fingerprint density at radius 1 is 1.25 bits per heavy atom. The highest BCUT2D eigenvalue weighted by molar-refractivity contribution is 7.12. The summed E-state index contributed by atoms with van der Waals surface area (Å²) in [5, 5.41) is 13.7. The molecule has 3 aliphatic rings. The van der Waals surface area contributed by atoms with Gasteiger partial charge in [-0.15, -0.1) is 11.3 Å². The number of nitrogens with one attached hydrogen (secondary N) is 1. The molecule has 3 saturated carbocycles. The highest BCUT2D eigenvalue weighted by Crippen LogP contribution is 2.67. The van der Waals surface area contributed by atoms with E-state index in [0.717, 1.165) is 0 Å². The lowest BCUT2D eigenvalue weighted by atomic mass is 9.39. The number of hydrogen-bond donors (Lipinski definition) is 2. The van der Waals surface area contributed by atoms with Crippen LogP contribution in [0.1, 0.15) is 41.8 Å². The molecule has 3 aliphatic carbocycles. The number of thiophene rings is 1. The van der Waals surface area contributed by atoms with Crippen molar-refractivity contribution in [1.82, 2.24) is 5.32 Å². The summed E-state index contributed by atoms with van der Waals surface area (Å²) in [6, 6.07) is 3.56. The molecule has 0 spiro atoms. The summed E-state index contributed by atoms with van der Waals surface area (Å²) in [5.74, 6) is -0.940. The van der Waals surface area contributed by atoms with Crippen molar-refractivity contribution in [1.29, 1.82) is 0 Å². The standard InChI is InChI=1S/C14H15NO4S/c16-9(10-2-1-5-20-10)3-4-11(17)15-14-6-13(7-14,8-14)12(18)19/h1-2,5H,3-4,6-8H2,(H,15,17)(H,18,19). The minimum atomic E-state index is -0.763. The van der Waals surface area contributed by atoms with Gasteiger partial charge in [0.1, 0.15) is 0 Å². The predicted molar refractivity (Wildman–Crippen MR) is 72.7 cm³/mol. The van der Waals surface area contributed by atoms with E-state index >= 15 is 0 Å². The van der Waals surface area contributed by atoms with Gasteiger partial charge < -0.3 is 10.4 Å². The Bertz CT molecular complexity index is 558. The third kappa shape index (κ3) is 2.04. The number of ketones is 1. The van der Waals surface area contributed by atoms with Gasteiger partial charge in [0.25, 0.3) is 0 Å². The van der Waals surface area contributed by atoms with Crippen LogP contribution in [0, 0.1) is 5.41 Å². The van der Waals surface area contributed by atoms with Crippen LogP contribution in [0.2, 0.25) is 0 Å². The summed E-state index contributed by atoms with van der Waals surface area (Å²) in [4.78, 5) is 35.2. The van der Waals surface area contributed by atoms with E-state index < -0.39 is 11.4 Å². The van der Waals surface area contributed by atoms with Gasteiger partial charge in [-0.25, -0.2) is 0 Å². The fourth-order valence-electron chi connectivity index (χ4n) is 3.29. The lowest BCUT2D eigenvalue weighted by Gasteiger charge is -2.67. The quantitative estimate of drug-likeness (QED) is 0.784. The third-order valence-electron chi connectivity index (χ3n) is 4.26. The molecule has 1 amide bonds. The van der Waals surface area contributed by atoms with Crippen LogP contribution < -0.4 is 5.32 Å². The lowest BCUT2D eigenvalue weighted by Crippen LogP contribution is -2.77. The van der Waals surface area contributed by atoms with E-state index in [4.69, 9.17) is 5.11 Å². The first-order chi connectivity index (χ1) is 9.45. The molecule has 0 unspecified atom stereocenters. The van der Waals surface area contributed by atoms with Gasteiger partial charge in [0, 0.05) is 18.4 Å². The first-order valence-corrected chi connectivity index (χ1v) is 7.44.